The molecule has 1 aliphatic rings. The molecule has 26 heavy (non-hydrogen) atoms. The van der Waals surface area contributed by atoms with Gasteiger partial charge in [0.15, 0.2) is 11.0 Å². The van der Waals surface area contributed by atoms with Gasteiger partial charge >= 0.3 is 0 Å². The van der Waals surface area contributed by atoms with Crippen molar-refractivity contribution in [3.05, 3.63) is 41.2 Å². The van der Waals surface area contributed by atoms with Crippen LogP contribution >= 0.6 is 23.1 Å². The van der Waals surface area contributed by atoms with Crippen molar-refractivity contribution in [3.8, 4) is 10.7 Å². The third-order valence-electron chi connectivity index (χ3n) is 4.26. The summed E-state index contributed by atoms with van der Waals surface area (Å²) in [6, 6.07) is 8.36. The van der Waals surface area contributed by atoms with Gasteiger partial charge in [-0.25, -0.2) is 0 Å². The molecule has 0 aromatic carbocycles. The van der Waals surface area contributed by atoms with Crippen LogP contribution < -0.4 is 0 Å². The molecule has 136 valence electrons. The van der Waals surface area contributed by atoms with Crippen LogP contribution in [0.2, 0.25) is 0 Å². The lowest BCUT2D eigenvalue weighted by Gasteiger charge is -2.15. The number of nitrogens with zero attached hydrogens (tertiary/aromatic N) is 4. The lowest BCUT2D eigenvalue weighted by molar-refractivity contribution is -0.127. The van der Waals surface area contributed by atoms with Gasteiger partial charge in [-0.15, -0.1) is 21.5 Å². The Hall–Kier alpha value is -2.06. The molecule has 0 radical (unpaired) electrons. The number of rotatable bonds is 7. The summed E-state index contributed by atoms with van der Waals surface area (Å²) in [4.78, 5) is 15.3. The molecule has 1 amide bonds. The molecular weight excluding hydrogens is 368 g/mol. The summed E-state index contributed by atoms with van der Waals surface area (Å²) in [6.07, 6.45) is 2.30. The van der Waals surface area contributed by atoms with Gasteiger partial charge in [-0.1, -0.05) is 17.8 Å². The number of thioether (sulfide) groups is 1. The third-order valence-corrected chi connectivity index (χ3v) is 6.05. The second kappa shape index (κ2) is 7.28. The smallest absolute Gasteiger partial charge is 0.233 e. The minimum Gasteiger partial charge on any atom is -0.464 e. The van der Waals surface area contributed by atoms with E-state index < -0.39 is 0 Å². The Balaban J connectivity index is 1.42. The van der Waals surface area contributed by atoms with Crippen molar-refractivity contribution < 1.29 is 9.21 Å². The highest BCUT2D eigenvalue weighted by Crippen LogP contribution is 2.41. The van der Waals surface area contributed by atoms with Gasteiger partial charge in [-0.05, 0) is 43.3 Å². The third kappa shape index (κ3) is 3.71. The summed E-state index contributed by atoms with van der Waals surface area (Å²) in [5, 5.41) is 11.6. The van der Waals surface area contributed by atoms with Crippen LogP contribution in [0.1, 0.15) is 30.4 Å². The zero-order chi connectivity index (χ0) is 18.1. The van der Waals surface area contributed by atoms with Crippen LogP contribution in [0, 0.1) is 6.92 Å². The van der Waals surface area contributed by atoms with E-state index in [1.54, 1.807) is 23.3 Å². The zero-order valence-corrected chi connectivity index (χ0v) is 16.3. The van der Waals surface area contributed by atoms with Crippen molar-refractivity contribution in [2.45, 2.75) is 37.5 Å². The molecule has 1 aliphatic carbocycles. The van der Waals surface area contributed by atoms with E-state index >= 15 is 0 Å². The topological polar surface area (TPSA) is 64.2 Å². The van der Waals surface area contributed by atoms with Crippen molar-refractivity contribution in [2.75, 3.05) is 12.8 Å². The average molecular weight is 389 g/mol. The Morgan fingerprint density at radius 2 is 2.23 bits per heavy atom. The molecule has 0 unspecified atom stereocenters. The molecule has 3 aromatic rings. The highest BCUT2D eigenvalue weighted by molar-refractivity contribution is 7.99. The van der Waals surface area contributed by atoms with Crippen molar-refractivity contribution in [3.63, 3.8) is 0 Å². The minimum atomic E-state index is 0.0482. The maximum absolute atomic E-state index is 12.5. The lowest BCUT2D eigenvalue weighted by Crippen LogP contribution is -2.27. The molecule has 0 bridgehead atoms. The number of hydrogen-bond acceptors (Lipinski definition) is 6. The first-order valence-corrected chi connectivity index (χ1v) is 10.4. The van der Waals surface area contributed by atoms with Gasteiger partial charge in [0.1, 0.15) is 11.5 Å². The molecule has 0 saturated heterocycles. The van der Waals surface area contributed by atoms with E-state index in [4.69, 9.17) is 4.42 Å². The number of carbonyl (C=O) groups is 1. The van der Waals surface area contributed by atoms with Crippen LogP contribution in [0.4, 0.5) is 0 Å². The molecule has 3 heterocycles. The summed E-state index contributed by atoms with van der Waals surface area (Å²) in [5.41, 5.74) is 0. The van der Waals surface area contributed by atoms with Crippen molar-refractivity contribution in [2.24, 2.45) is 0 Å². The van der Waals surface area contributed by atoms with Gasteiger partial charge in [0, 0.05) is 13.1 Å². The van der Waals surface area contributed by atoms with Crippen LogP contribution in [0.15, 0.2) is 39.2 Å². The van der Waals surface area contributed by atoms with E-state index in [0.717, 1.165) is 40.2 Å². The largest absolute Gasteiger partial charge is 0.464 e. The fourth-order valence-electron chi connectivity index (χ4n) is 2.74. The van der Waals surface area contributed by atoms with Crippen LogP contribution in [-0.4, -0.2) is 38.4 Å². The second-order valence-corrected chi connectivity index (χ2v) is 8.33. The molecule has 8 heteroatoms. The van der Waals surface area contributed by atoms with E-state index in [-0.39, 0.29) is 5.91 Å². The van der Waals surface area contributed by atoms with E-state index in [0.29, 0.717) is 18.3 Å². The van der Waals surface area contributed by atoms with Gasteiger partial charge in [-0.2, -0.15) is 0 Å². The summed E-state index contributed by atoms with van der Waals surface area (Å²) >= 11 is 3.12. The van der Waals surface area contributed by atoms with Gasteiger partial charge in [0.05, 0.1) is 17.2 Å². The number of hydrogen-bond donors (Lipinski definition) is 0. The van der Waals surface area contributed by atoms with Crippen molar-refractivity contribution >= 4 is 29.0 Å². The first-order chi connectivity index (χ1) is 12.6. The minimum absolute atomic E-state index is 0.0482. The van der Waals surface area contributed by atoms with Crippen LogP contribution in [-0.2, 0) is 11.3 Å². The maximum atomic E-state index is 12.5. The molecule has 0 aliphatic heterocycles. The lowest BCUT2D eigenvalue weighted by atomic mass is 10.4. The normalized spacial score (nSPS) is 13.9. The molecule has 1 saturated carbocycles. The van der Waals surface area contributed by atoms with E-state index in [1.807, 2.05) is 30.5 Å². The number of aromatic nitrogens is 3. The Labute approximate surface area is 160 Å². The predicted octanol–water partition coefficient (Wildman–Crippen LogP) is 3.99. The molecule has 4 rings (SSSR count). The Bertz CT molecular complexity index is 896. The summed E-state index contributed by atoms with van der Waals surface area (Å²) in [5.74, 6) is 2.95. The predicted molar refractivity (Wildman–Crippen MR) is 102 cm³/mol. The fraction of sp³-hybridized carbons (Fsp3) is 0.389. The first kappa shape index (κ1) is 17.4. The molecule has 6 nitrogen and oxygen atoms in total. The van der Waals surface area contributed by atoms with Crippen molar-refractivity contribution in [1.29, 1.82) is 0 Å². The molecular formula is C18H20N4O2S2. The number of aryl methyl sites for hydroxylation is 1. The molecule has 0 spiro atoms. The highest BCUT2D eigenvalue weighted by atomic mass is 32.2. The molecule has 0 atom stereocenters. The standard InChI is InChI=1S/C18H20N4O2S2/c1-12-5-8-14(24-12)10-21(2)16(23)11-26-18-20-19-17(15-4-3-9-25-15)22(18)13-6-7-13/h3-5,8-9,13H,6-7,10-11H2,1-2H3. The van der Waals surface area contributed by atoms with Gasteiger partial charge in [-0.3, -0.25) is 9.36 Å². The summed E-state index contributed by atoms with van der Waals surface area (Å²) in [7, 11) is 1.80. The van der Waals surface area contributed by atoms with E-state index in [1.165, 1.54) is 11.8 Å². The first-order valence-electron chi connectivity index (χ1n) is 8.52. The monoisotopic (exact) mass is 388 g/mol. The Morgan fingerprint density at radius 1 is 1.38 bits per heavy atom. The zero-order valence-electron chi connectivity index (χ0n) is 14.7. The van der Waals surface area contributed by atoms with Crippen molar-refractivity contribution in [1.82, 2.24) is 19.7 Å². The molecule has 1 fully saturated rings. The maximum Gasteiger partial charge on any atom is 0.233 e. The summed E-state index contributed by atoms with van der Waals surface area (Å²) < 4.78 is 7.74. The van der Waals surface area contributed by atoms with Gasteiger partial charge in [0.25, 0.3) is 0 Å². The van der Waals surface area contributed by atoms with Crippen LogP contribution in [0.25, 0.3) is 10.7 Å². The van der Waals surface area contributed by atoms with E-state index in [9.17, 15) is 4.79 Å². The van der Waals surface area contributed by atoms with Crippen LogP contribution in [0.3, 0.4) is 0 Å². The summed E-state index contributed by atoms with van der Waals surface area (Å²) in [6.45, 7) is 2.38. The van der Waals surface area contributed by atoms with Gasteiger partial charge in [0.2, 0.25) is 5.91 Å². The number of thiophene rings is 1. The number of furan rings is 1. The van der Waals surface area contributed by atoms with Crippen LogP contribution in [0.5, 0.6) is 0 Å². The van der Waals surface area contributed by atoms with E-state index in [2.05, 4.69) is 20.8 Å². The average Bonchev–Trinajstić information content (AvgIpc) is 3.02. The number of carbonyl (C=O) groups excluding carboxylic acids is 1. The molecule has 3 aromatic heterocycles. The Kier molecular flexibility index (Phi) is 4.86. The SMILES string of the molecule is Cc1ccc(CN(C)C(=O)CSc2nnc(-c3cccs3)n2C2CC2)o1. The Morgan fingerprint density at radius 3 is 2.88 bits per heavy atom. The molecule has 0 N–H and O–H groups in total. The number of amides is 1. The highest BCUT2D eigenvalue weighted by Gasteiger charge is 2.30. The van der Waals surface area contributed by atoms with Gasteiger partial charge < -0.3 is 9.32 Å². The quantitative estimate of drug-likeness (QED) is 0.573. The fourth-order valence-corrected chi connectivity index (χ4v) is 4.39. The second-order valence-electron chi connectivity index (χ2n) is 6.44.